The van der Waals surface area contributed by atoms with Crippen LogP contribution in [0.5, 0.6) is 5.75 Å². The Labute approximate surface area is 155 Å². The largest absolute Gasteiger partial charge is 0.453 e. The summed E-state index contributed by atoms with van der Waals surface area (Å²) in [6.07, 6.45) is -1.17. The molecule has 2 aromatic rings. The molecule has 0 aliphatic carbocycles. The van der Waals surface area contributed by atoms with Crippen LogP contribution in [-0.4, -0.2) is 25.8 Å². The lowest BCUT2D eigenvalue weighted by Gasteiger charge is -2.21. The van der Waals surface area contributed by atoms with Gasteiger partial charge in [-0.15, -0.1) is 0 Å². The summed E-state index contributed by atoms with van der Waals surface area (Å²) in [5.74, 6) is 0.230. The summed E-state index contributed by atoms with van der Waals surface area (Å²) in [7, 11) is 1.25. The Morgan fingerprint density at radius 3 is 2.69 bits per heavy atom. The third-order valence-corrected chi connectivity index (χ3v) is 3.49. The normalized spacial score (nSPS) is 9.73. The van der Waals surface area contributed by atoms with Crippen molar-refractivity contribution in [2.24, 2.45) is 0 Å². The highest BCUT2D eigenvalue weighted by Crippen LogP contribution is 2.23. The molecule has 8 heteroatoms. The number of hydrogen-bond acceptors (Lipinski definition) is 5. The number of halogens is 1. The molecule has 0 unspecified atom stereocenters. The minimum Gasteiger partial charge on any atom is -0.453 e. The monoisotopic (exact) mass is 373 g/mol. The molecule has 7 nitrogen and oxygen atoms in total. The van der Waals surface area contributed by atoms with Gasteiger partial charge in [-0.2, -0.15) is 5.26 Å². The van der Waals surface area contributed by atoms with Gasteiger partial charge in [-0.05, 0) is 30.3 Å². The molecule has 26 heavy (non-hydrogen) atoms. The van der Waals surface area contributed by atoms with E-state index < -0.39 is 12.2 Å². The van der Waals surface area contributed by atoms with Crippen molar-refractivity contribution in [2.75, 3.05) is 23.9 Å². The minimum absolute atomic E-state index is 0.131. The number of nitrogens with zero attached hydrogens (tertiary/aromatic N) is 2. The van der Waals surface area contributed by atoms with E-state index in [1.165, 1.54) is 18.1 Å². The predicted octanol–water partition coefficient (Wildman–Crippen LogP) is 4.44. The van der Waals surface area contributed by atoms with Gasteiger partial charge in [0.2, 0.25) is 0 Å². The van der Waals surface area contributed by atoms with Crippen molar-refractivity contribution < 1.29 is 19.1 Å². The molecule has 0 fully saturated rings. The lowest BCUT2D eigenvalue weighted by atomic mass is 10.3. The molecule has 2 rings (SSSR count). The van der Waals surface area contributed by atoms with Crippen LogP contribution in [0.4, 0.5) is 21.0 Å². The van der Waals surface area contributed by atoms with Gasteiger partial charge < -0.3 is 9.47 Å². The highest BCUT2D eigenvalue weighted by atomic mass is 35.5. The van der Waals surface area contributed by atoms with Gasteiger partial charge in [-0.1, -0.05) is 23.7 Å². The second-order valence-electron chi connectivity index (χ2n) is 5.05. The van der Waals surface area contributed by atoms with Crippen LogP contribution in [0.25, 0.3) is 0 Å². The highest BCUT2D eigenvalue weighted by Gasteiger charge is 2.18. The number of hydrogen-bond donors (Lipinski definition) is 1. The van der Waals surface area contributed by atoms with Crippen LogP contribution in [-0.2, 0) is 4.74 Å². The Balaban J connectivity index is 2.17. The Bertz CT molecular complexity index is 835. The number of carbonyl (C=O) groups excluding carboxylic acids is 2. The SMILES string of the molecule is COC(=O)Nc1cccc(OC(=O)N(CCC#N)c2cccc(Cl)c2)c1. The zero-order chi connectivity index (χ0) is 18.9. The number of rotatable bonds is 5. The van der Waals surface area contributed by atoms with E-state index in [0.29, 0.717) is 16.4 Å². The molecule has 0 heterocycles. The summed E-state index contributed by atoms with van der Waals surface area (Å²) < 4.78 is 9.88. The number of nitriles is 1. The van der Waals surface area contributed by atoms with Gasteiger partial charge in [0.05, 0.1) is 19.6 Å². The van der Waals surface area contributed by atoms with Gasteiger partial charge in [-0.3, -0.25) is 10.2 Å². The molecular formula is C18H16ClN3O4. The molecule has 0 aliphatic heterocycles. The van der Waals surface area contributed by atoms with Gasteiger partial charge in [0.15, 0.2) is 0 Å². The topological polar surface area (TPSA) is 91.7 Å². The van der Waals surface area contributed by atoms with Crippen molar-refractivity contribution in [1.29, 1.82) is 5.26 Å². The van der Waals surface area contributed by atoms with Crippen LogP contribution >= 0.6 is 11.6 Å². The molecule has 134 valence electrons. The maximum atomic E-state index is 12.6. The molecule has 0 saturated carbocycles. The van der Waals surface area contributed by atoms with Gasteiger partial charge in [0, 0.05) is 29.0 Å². The Morgan fingerprint density at radius 2 is 2.00 bits per heavy atom. The molecule has 0 aliphatic rings. The summed E-state index contributed by atoms with van der Waals surface area (Å²) in [5, 5.41) is 11.8. The first kappa shape index (κ1) is 19.1. The van der Waals surface area contributed by atoms with Crippen LogP contribution in [0, 0.1) is 11.3 Å². The maximum absolute atomic E-state index is 12.6. The number of benzene rings is 2. The van der Waals surface area contributed by atoms with Crippen LogP contribution in [0.1, 0.15) is 6.42 Å². The average Bonchev–Trinajstić information content (AvgIpc) is 2.62. The molecule has 1 N–H and O–H groups in total. The lowest BCUT2D eigenvalue weighted by Crippen LogP contribution is -2.34. The maximum Gasteiger partial charge on any atom is 0.419 e. The number of amides is 2. The molecule has 0 atom stereocenters. The smallest absolute Gasteiger partial charge is 0.419 e. The number of ether oxygens (including phenoxy) is 2. The third kappa shape index (κ3) is 5.40. The van der Waals surface area contributed by atoms with Crippen molar-refractivity contribution in [1.82, 2.24) is 0 Å². The first-order chi connectivity index (χ1) is 12.5. The minimum atomic E-state index is -0.669. The van der Waals surface area contributed by atoms with E-state index in [2.05, 4.69) is 10.1 Å². The van der Waals surface area contributed by atoms with Crippen molar-refractivity contribution in [3.63, 3.8) is 0 Å². The van der Waals surface area contributed by atoms with Gasteiger partial charge >= 0.3 is 12.2 Å². The molecule has 2 amide bonds. The molecular weight excluding hydrogens is 358 g/mol. The first-order valence-corrected chi connectivity index (χ1v) is 7.98. The molecule has 0 saturated heterocycles. The number of nitrogens with one attached hydrogen (secondary N) is 1. The van der Waals surface area contributed by atoms with E-state index in [0.717, 1.165) is 0 Å². The van der Waals surface area contributed by atoms with E-state index in [1.807, 2.05) is 6.07 Å². The fourth-order valence-electron chi connectivity index (χ4n) is 2.09. The fraction of sp³-hybridized carbons (Fsp3) is 0.167. The molecule has 0 radical (unpaired) electrons. The van der Waals surface area contributed by atoms with Crippen molar-refractivity contribution in [3.05, 3.63) is 53.6 Å². The predicted molar refractivity (Wildman–Crippen MR) is 97.5 cm³/mol. The molecule has 0 spiro atoms. The summed E-state index contributed by atoms with van der Waals surface area (Å²) in [5.41, 5.74) is 0.926. The Hall–Kier alpha value is -3.24. The summed E-state index contributed by atoms with van der Waals surface area (Å²) in [4.78, 5) is 25.1. The highest BCUT2D eigenvalue weighted by molar-refractivity contribution is 6.30. The van der Waals surface area contributed by atoms with Crippen molar-refractivity contribution in [2.45, 2.75) is 6.42 Å². The second-order valence-corrected chi connectivity index (χ2v) is 5.49. The van der Waals surface area contributed by atoms with Crippen LogP contribution < -0.4 is 15.0 Å². The van der Waals surface area contributed by atoms with Crippen LogP contribution in [0.15, 0.2) is 48.5 Å². The van der Waals surface area contributed by atoms with E-state index >= 15 is 0 Å². The van der Waals surface area contributed by atoms with Gasteiger partial charge in [-0.25, -0.2) is 9.59 Å². The van der Waals surface area contributed by atoms with E-state index in [9.17, 15) is 9.59 Å². The molecule has 0 bridgehead atoms. The van der Waals surface area contributed by atoms with Gasteiger partial charge in [0.1, 0.15) is 5.75 Å². The quantitative estimate of drug-likeness (QED) is 0.836. The fourth-order valence-corrected chi connectivity index (χ4v) is 2.28. The zero-order valence-corrected chi connectivity index (χ0v) is 14.7. The van der Waals surface area contributed by atoms with Crippen LogP contribution in [0.2, 0.25) is 5.02 Å². The third-order valence-electron chi connectivity index (χ3n) is 3.26. The van der Waals surface area contributed by atoms with E-state index in [4.69, 9.17) is 21.6 Å². The zero-order valence-electron chi connectivity index (χ0n) is 13.9. The van der Waals surface area contributed by atoms with Crippen molar-refractivity contribution >= 4 is 35.2 Å². The van der Waals surface area contributed by atoms with Gasteiger partial charge in [0.25, 0.3) is 0 Å². The summed E-state index contributed by atoms with van der Waals surface area (Å²) in [6.45, 7) is 0.149. The number of anilines is 2. The van der Waals surface area contributed by atoms with E-state index in [1.54, 1.807) is 42.5 Å². The molecule has 0 aromatic heterocycles. The number of methoxy groups -OCH3 is 1. The van der Waals surface area contributed by atoms with Crippen LogP contribution in [0.3, 0.4) is 0 Å². The summed E-state index contributed by atoms with van der Waals surface area (Å²) in [6, 6.07) is 15.0. The first-order valence-electron chi connectivity index (χ1n) is 7.60. The Kier molecular flexibility index (Phi) is 6.83. The second kappa shape index (κ2) is 9.30. The number of carbonyl (C=O) groups is 2. The molecule has 2 aromatic carbocycles. The lowest BCUT2D eigenvalue weighted by molar-refractivity contribution is 0.187. The average molecular weight is 374 g/mol. The van der Waals surface area contributed by atoms with E-state index in [-0.39, 0.29) is 18.7 Å². The standard InChI is InChI=1S/C18H16ClN3O4/c1-25-17(23)21-14-6-3-8-16(12-14)26-18(24)22(10-4-9-20)15-7-2-5-13(19)11-15/h2-3,5-8,11-12H,4,10H2,1H3,(H,21,23). The Morgan fingerprint density at radius 1 is 1.23 bits per heavy atom. The van der Waals surface area contributed by atoms with Crippen molar-refractivity contribution in [3.8, 4) is 11.8 Å². The summed E-state index contributed by atoms with van der Waals surface area (Å²) >= 11 is 5.97.